The van der Waals surface area contributed by atoms with Crippen LogP contribution in [-0.4, -0.2) is 10.1 Å². The molecule has 3 aromatic rings. The Morgan fingerprint density at radius 1 is 1.12 bits per heavy atom. The Morgan fingerprint density at radius 2 is 1.92 bits per heavy atom. The van der Waals surface area contributed by atoms with Gasteiger partial charge in [0.15, 0.2) is 5.11 Å². The van der Waals surface area contributed by atoms with Crippen LogP contribution in [0.15, 0.2) is 60.8 Å². The highest BCUT2D eigenvalue weighted by atomic mass is 32.1. The largest absolute Gasteiger partial charge is 0.351 e. The van der Waals surface area contributed by atoms with E-state index in [1.807, 2.05) is 29.2 Å². The van der Waals surface area contributed by atoms with E-state index in [1.165, 1.54) is 10.9 Å². The summed E-state index contributed by atoms with van der Waals surface area (Å²) in [5.74, 6) is -0.286. The van der Waals surface area contributed by atoms with Gasteiger partial charge in [-0.3, -0.25) is 4.98 Å². The summed E-state index contributed by atoms with van der Waals surface area (Å²) < 4.78 is 14.5. The summed E-state index contributed by atoms with van der Waals surface area (Å²) in [5.41, 5.74) is 1.37. The van der Waals surface area contributed by atoms with Crippen LogP contribution in [0.25, 0.3) is 0 Å². The van der Waals surface area contributed by atoms with Crippen LogP contribution >= 0.6 is 23.6 Å². The minimum Gasteiger partial charge on any atom is -0.351 e. The number of rotatable bonds is 3. The van der Waals surface area contributed by atoms with Crippen molar-refractivity contribution in [1.29, 1.82) is 0 Å². The molecule has 1 aromatic carbocycles. The quantitative estimate of drug-likeness (QED) is 0.673. The molecule has 0 spiro atoms. The Hall–Kier alpha value is -2.31. The first kappa shape index (κ1) is 16.2. The van der Waals surface area contributed by atoms with Crippen molar-refractivity contribution >= 4 is 34.4 Å². The van der Waals surface area contributed by atoms with Crippen molar-refractivity contribution in [2.24, 2.45) is 0 Å². The Labute approximate surface area is 155 Å². The summed E-state index contributed by atoms with van der Waals surface area (Å²) in [4.78, 5) is 8.70. The van der Waals surface area contributed by atoms with Crippen LogP contribution in [0.5, 0.6) is 0 Å². The number of anilines is 1. The first-order valence-corrected chi connectivity index (χ1v) is 9.19. The van der Waals surface area contributed by atoms with Gasteiger partial charge in [-0.2, -0.15) is 0 Å². The lowest BCUT2D eigenvalue weighted by molar-refractivity contribution is 0.565. The SMILES string of the molecule is Cc1ccc([C@@H]2[C@H](c3ccccn3)NC(=S)N2c2ccccc2F)s1. The molecular weight excluding hydrogens is 353 g/mol. The summed E-state index contributed by atoms with van der Waals surface area (Å²) in [5, 5.41) is 3.85. The van der Waals surface area contributed by atoms with Gasteiger partial charge in [-0.15, -0.1) is 11.3 Å². The number of nitrogens with one attached hydrogen (secondary N) is 1. The van der Waals surface area contributed by atoms with E-state index in [-0.39, 0.29) is 17.9 Å². The second-order valence-corrected chi connectivity index (χ2v) is 7.60. The smallest absolute Gasteiger partial charge is 0.174 e. The zero-order valence-electron chi connectivity index (χ0n) is 13.5. The highest BCUT2D eigenvalue weighted by Gasteiger charge is 2.42. The zero-order valence-corrected chi connectivity index (χ0v) is 15.2. The molecule has 1 N–H and O–H groups in total. The minimum atomic E-state index is -0.286. The molecule has 25 heavy (non-hydrogen) atoms. The van der Waals surface area contributed by atoms with Gasteiger partial charge >= 0.3 is 0 Å². The number of aromatic nitrogens is 1. The van der Waals surface area contributed by atoms with Crippen LogP contribution in [0, 0.1) is 12.7 Å². The van der Waals surface area contributed by atoms with Crippen LogP contribution in [0.3, 0.4) is 0 Å². The predicted molar refractivity (Wildman–Crippen MR) is 103 cm³/mol. The van der Waals surface area contributed by atoms with E-state index in [9.17, 15) is 4.39 Å². The number of aryl methyl sites for hydroxylation is 1. The molecule has 6 heteroatoms. The van der Waals surface area contributed by atoms with E-state index in [2.05, 4.69) is 29.4 Å². The van der Waals surface area contributed by atoms with Gasteiger partial charge in [-0.25, -0.2) is 4.39 Å². The topological polar surface area (TPSA) is 28.2 Å². The summed E-state index contributed by atoms with van der Waals surface area (Å²) in [6, 6.07) is 16.4. The van der Waals surface area contributed by atoms with E-state index < -0.39 is 0 Å². The maximum atomic E-state index is 14.5. The fourth-order valence-electron chi connectivity index (χ4n) is 3.16. The van der Waals surface area contributed by atoms with Crippen LogP contribution < -0.4 is 10.2 Å². The Balaban J connectivity index is 1.85. The van der Waals surface area contributed by atoms with Gasteiger partial charge in [-0.1, -0.05) is 18.2 Å². The average Bonchev–Trinajstić information content (AvgIpc) is 3.19. The zero-order chi connectivity index (χ0) is 17.4. The number of benzene rings is 1. The van der Waals surface area contributed by atoms with Gasteiger partial charge in [0.1, 0.15) is 5.82 Å². The number of para-hydroxylation sites is 1. The molecule has 0 amide bonds. The summed E-state index contributed by atoms with van der Waals surface area (Å²) in [6.45, 7) is 2.07. The predicted octanol–water partition coefficient (Wildman–Crippen LogP) is 4.77. The third kappa shape index (κ3) is 2.92. The summed E-state index contributed by atoms with van der Waals surface area (Å²) in [6.07, 6.45) is 1.77. The van der Waals surface area contributed by atoms with Crippen molar-refractivity contribution in [2.75, 3.05) is 4.90 Å². The number of halogens is 1. The normalized spacial score (nSPS) is 19.9. The lowest BCUT2D eigenvalue weighted by atomic mass is 10.0. The molecule has 3 heterocycles. The van der Waals surface area contributed by atoms with Crippen LogP contribution in [0.1, 0.15) is 27.5 Å². The van der Waals surface area contributed by atoms with Crippen LogP contribution in [0.4, 0.5) is 10.1 Å². The molecule has 0 bridgehead atoms. The summed E-state index contributed by atoms with van der Waals surface area (Å²) in [7, 11) is 0. The van der Waals surface area contributed by atoms with Gasteiger partial charge in [0.25, 0.3) is 0 Å². The number of hydrogen-bond acceptors (Lipinski definition) is 3. The fraction of sp³-hybridized carbons (Fsp3) is 0.158. The fourth-order valence-corrected chi connectivity index (χ4v) is 4.51. The van der Waals surface area contributed by atoms with E-state index in [4.69, 9.17) is 12.2 Å². The standard InChI is InChI=1S/C19H16FN3S2/c1-12-9-10-16(25-12)18-17(14-7-4-5-11-21-14)22-19(24)23(18)15-8-3-2-6-13(15)20/h2-11,17-18H,1H3,(H,22,24)/t17-,18+/m0/s1. The van der Waals surface area contributed by atoms with E-state index in [1.54, 1.807) is 29.7 Å². The minimum absolute atomic E-state index is 0.133. The molecule has 4 rings (SSSR count). The first-order chi connectivity index (χ1) is 12.1. The van der Waals surface area contributed by atoms with Gasteiger partial charge in [0.2, 0.25) is 0 Å². The van der Waals surface area contributed by atoms with Crippen molar-refractivity contribution < 1.29 is 4.39 Å². The highest BCUT2D eigenvalue weighted by molar-refractivity contribution is 7.80. The number of thiophene rings is 1. The van der Waals surface area contributed by atoms with Gasteiger partial charge in [-0.05, 0) is 55.5 Å². The highest BCUT2D eigenvalue weighted by Crippen LogP contribution is 2.44. The molecular formula is C19H16FN3S2. The van der Waals surface area contributed by atoms with Crippen molar-refractivity contribution in [3.05, 3.63) is 82.1 Å². The van der Waals surface area contributed by atoms with Crippen LogP contribution in [0.2, 0.25) is 0 Å². The maximum absolute atomic E-state index is 14.5. The van der Waals surface area contributed by atoms with Crippen molar-refractivity contribution in [1.82, 2.24) is 10.3 Å². The first-order valence-electron chi connectivity index (χ1n) is 7.96. The number of nitrogens with zero attached hydrogens (tertiary/aromatic N) is 2. The number of thiocarbonyl (C=S) groups is 1. The van der Waals surface area contributed by atoms with Crippen LogP contribution in [-0.2, 0) is 0 Å². The lowest BCUT2D eigenvalue weighted by Crippen LogP contribution is -2.29. The number of pyridine rings is 1. The third-order valence-corrected chi connectivity index (χ3v) is 5.65. The molecule has 0 radical (unpaired) electrons. The molecule has 0 aliphatic carbocycles. The van der Waals surface area contributed by atoms with Crippen molar-refractivity contribution in [2.45, 2.75) is 19.0 Å². The second-order valence-electron chi connectivity index (χ2n) is 5.90. The summed E-state index contributed by atoms with van der Waals surface area (Å²) >= 11 is 7.27. The molecule has 1 fully saturated rings. The Bertz CT molecular complexity index is 910. The Kier molecular flexibility index (Phi) is 4.23. The second kappa shape index (κ2) is 6.54. The molecule has 1 saturated heterocycles. The third-order valence-electron chi connectivity index (χ3n) is 4.26. The molecule has 3 nitrogen and oxygen atoms in total. The monoisotopic (exact) mass is 369 g/mol. The molecule has 126 valence electrons. The molecule has 2 atom stereocenters. The van der Waals surface area contributed by atoms with E-state index >= 15 is 0 Å². The van der Waals surface area contributed by atoms with E-state index in [0.717, 1.165) is 10.6 Å². The van der Waals surface area contributed by atoms with E-state index in [0.29, 0.717) is 10.8 Å². The lowest BCUT2D eigenvalue weighted by Gasteiger charge is -2.27. The number of hydrogen-bond donors (Lipinski definition) is 1. The average molecular weight is 369 g/mol. The van der Waals surface area contributed by atoms with Gasteiger partial charge in [0, 0.05) is 16.0 Å². The van der Waals surface area contributed by atoms with Crippen molar-refractivity contribution in [3.63, 3.8) is 0 Å². The van der Waals surface area contributed by atoms with Gasteiger partial charge in [0.05, 0.1) is 23.5 Å². The Morgan fingerprint density at radius 3 is 2.60 bits per heavy atom. The molecule has 1 aliphatic rings. The molecule has 0 saturated carbocycles. The molecule has 0 unspecified atom stereocenters. The van der Waals surface area contributed by atoms with Crippen molar-refractivity contribution in [3.8, 4) is 0 Å². The molecule has 2 aromatic heterocycles. The maximum Gasteiger partial charge on any atom is 0.174 e. The van der Waals surface area contributed by atoms with Gasteiger partial charge < -0.3 is 10.2 Å². The molecule has 1 aliphatic heterocycles.